The van der Waals surface area contributed by atoms with E-state index in [0.29, 0.717) is 12.3 Å². The molecular weight excluding hydrogens is 271 g/mol. The molecule has 1 rings (SSSR count). The number of nitrogens with two attached hydrogens (primary N) is 1. The zero-order chi connectivity index (χ0) is 15.3. The van der Waals surface area contributed by atoms with Gasteiger partial charge in [0.25, 0.3) is 5.91 Å². The van der Waals surface area contributed by atoms with Crippen LogP contribution in [-0.4, -0.2) is 23.5 Å². The normalized spacial score (nSPS) is 13.3. The van der Waals surface area contributed by atoms with Gasteiger partial charge in [-0.05, 0) is 24.5 Å². The van der Waals surface area contributed by atoms with Gasteiger partial charge in [0.05, 0.1) is 5.56 Å². The number of nitrogens with zero attached hydrogens (tertiary/aromatic N) is 1. The number of amides is 1. The Morgan fingerprint density at radius 3 is 2.45 bits per heavy atom. The third-order valence-electron chi connectivity index (χ3n) is 2.69. The molecule has 4 nitrogen and oxygen atoms in total. The number of hydrogen-bond acceptors (Lipinski definition) is 3. The van der Waals surface area contributed by atoms with E-state index < -0.39 is 17.8 Å². The van der Waals surface area contributed by atoms with Gasteiger partial charge in [-0.15, -0.1) is 0 Å². The summed E-state index contributed by atoms with van der Waals surface area (Å²) >= 11 is 0. The number of hydrogen-bond donors (Lipinski definition) is 2. The minimum Gasteiger partial charge on any atom is -0.348 e. The van der Waals surface area contributed by atoms with Crippen LogP contribution >= 0.6 is 0 Å². The maximum absolute atomic E-state index is 12.3. The second kappa shape index (κ2) is 6.69. The first-order valence-electron chi connectivity index (χ1n) is 6.28. The first-order chi connectivity index (χ1) is 9.24. The topological polar surface area (TPSA) is 68.0 Å². The van der Waals surface area contributed by atoms with Crippen LogP contribution in [-0.2, 0) is 6.18 Å². The van der Waals surface area contributed by atoms with Gasteiger partial charge in [-0.2, -0.15) is 13.2 Å². The van der Waals surface area contributed by atoms with Crippen LogP contribution in [0.25, 0.3) is 0 Å². The van der Waals surface area contributed by atoms with Gasteiger partial charge in [-0.25, -0.2) is 0 Å². The summed E-state index contributed by atoms with van der Waals surface area (Å²) in [6, 6.07) is 1.69. The van der Waals surface area contributed by atoms with Gasteiger partial charge in [-0.1, -0.05) is 13.8 Å². The van der Waals surface area contributed by atoms with Gasteiger partial charge in [0, 0.05) is 18.8 Å². The summed E-state index contributed by atoms with van der Waals surface area (Å²) in [6.07, 6.45) is -2.89. The summed E-state index contributed by atoms with van der Waals surface area (Å²) in [5, 5.41) is 2.69. The summed E-state index contributed by atoms with van der Waals surface area (Å²) < 4.78 is 37.0. The molecule has 1 aromatic rings. The molecule has 20 heavy (non-hydrogen) atoms. The zero-order valence-corrected chi connectivity index (χ0v) is 11.4. The van der Waals surface area contributed by atoms with E-state index in [4.69, 9.17) is 5.73 Å². The van der Waals surface area contributed by atoms with Crippen LogP contribution in [0.15, 0.2) is 18.3 Å². The fraction of sp³-hybridized carbons (Fsp3) is 0.538. The summed E-state index contributed by atoms with van der Waals surface area (Å²) in [6.45, 7) is 4.26. The maximum Gasteiger partial charge on any atom is 0.433 e. The van der Waals surface area contributed by atoms with Crippen molar-refractivity contribution in [2.24, 2.45) is 11.7 Å². The first-order valence-corrected chi connectivity index (χ1v) is 6.28. The maximum atomic E-state index is 12.3. The quantitative estimate of drug-likeness (QED) is 0.873. The van der Waals surface area contributed by atoms with E-state index in [9.17, 15) is 18.0 Å². The molecule has 0 aliphatic carbocycles. The fourth-order valence-electron chi connectivity index (χ4n) is 1.75. The minimum absolute atomic E-state index is 0.0835. The smallest absolute Gasteiger partial charge is 0.348 e. The van der Waals surface area contributed by atoms with E-state index in [-0.39, 0.29) is 18.2 Å². The van der Waals surface area contributed by atoms with Gasteiger partial charge in [0.2, 0.25) is 0 Å². The van der Waals surface area contributed by atoms with E-state index in [1.165, 1.54) is 0 Å². The molecule has 0 saturated heterocycles. The van der Waals surface area contributed by atoms with E-state index >= 15 is 0 Å². The molecule has 7 heteroatoms. The van der Waals surface area contributed by atoms with Crippen molar-refractivity contribution in [1.82, 2.24) is 10.3 Å². The van der Waals surface area contributed by atoms with Crippen molar-refractivity contribution >= 4 is 5.91 Å². The Morgan fingerprint density at radius 1 is 1.40 bits per heavy atom. The van der Waals surface area contributed by atoms with Crippen LogP contribution in [0.4, 0.5) is 13.2 Å². The van der Waals surface area contributed by atoms with Gasteiger partial charge in [-0.3, -0.25) is 9.78 Å². The Balaban J connectivity index is 2.72. The number of carbonyl (C=O) groups excluding carboxylic acids is 1. The molecule has 0 aliphatic heterocycles. The second-order valence-electron chi connectivity index (χ2n) is 4.97. The molecule has 0 fully saturated rings. The molecule has 0 saturated carbocycles. The first kappa shape index (κ1) is 16.4. The number of pyridine rings is 1. The lowest BCUT2D eigenvalue weighted by atomic mass is 10.0. The van der Waals surface area contributed by atoms with E-state index in [2.05, 4.69) is 10.3 Å². The van der Waals surface area contributed by atoms with Crippen molar-refractivity contribution in [3.63, 3.8) is 0 Å². The van der Waals surface area contributed by atoms with Crippen LogP contribution in [0, 0.1) is 5.92 Å². The molecule has 1 unspecified atom stereocenters. The number of alkyl halides is 3. The van der Waals surface area contributed by atoms with Crippen LogP contribution in [0.3, 0.4) is 0 Å². The van der Waals surface area contributed by atoms with E-state index in [1.54, 1.807) is 0 Å². The van der Waals surface area contributed by atoms with Crippen molar-refractivity contribution in [2.75, 3.05) is 6.54 Å². The zero-order valence-electron chi connectivity index (χ0n) is 11.4. The molecule has 1 aromatic heterocycles. The summed E-state index contributed by atoms with van der Waals surface area (Å²) in [5.74, 6) is -0.114. The highest BCUT2D eigenvalue weighted by Crippen LogP contribution is 2.27. The fourth-order valence-corrected chi connectivity index (χ4v) is 1.75. The number of aromatic nitrogens is 1. The Bertz CT molecular complexity index is 443. The largest absolute Gasteiger partial charge is 0.433 e. The van der Waals surface area contributed by atoms with Crippen molar-refractivity contribution < 1.29 is 18.0 Å². The lowest BCUT2D eigenvalue weighted by Crippen LogP contribution is -2.41. The van der Waals surface area contributed by atoms with E-state index in [1.807, 2.05) is 13.8 Å². The third-order valence-corrected chi connectivity index (χ3v) is 2.69. The number of rotatable bonds is 5. The highest BCUT2D eigenvalue weighted by Gasteiger charge is 2.32. The minimum atomic E-state index is -4.51. The molecular formula is C13H18F3N3O. The SMILES string of the molecule is CC(C)CC(CN)NC(=O)c1ccc(C(F)(F)F)nc1. The predicted molar refractivity (Wildman–Crippen MR) is 69.0 cm³/mol. The van der Waals surface area contributed by atoms with Crippen LogP contribution < -0.4 is 11.1 Å². The van der Waals surface area contributed by atoms with Crippen molar-refractivity contribution in [3.05, 3.63) is 29.6 Å². The van der Waals surface area contributed by atoms with Gasteiger partial charge >= 0.3 is 6.18 Å². The molecule has 1 heterocycles. The highest BCUT2D eigenvalue weighted by molar-refractivity contribution is 5.94. The van der Waals surface area contributed by atoms with Crippen LogP contribution in [0.1, 0.15) is 36.3 Å². The average molecular weight is 289 g/mol. The molecule has 1 atom stereocenters. The Labute approximate surface area is 115 Å². The van der Waals surface area contributed by atoms with Gasteiger partial charge < -0.3 is 11.1 Å². The second-order valence-corrected chi connectivity index (χ2v) is 4.97. The summed E-state index contributed by atoms with van der Waals surface area (Å²) in [5.41, 5.74) is 4.61. The van der Waals surface area contributed by atoms with Crippen LogP contribution in [0.2, 0.25) is 0 Å². The standard InChI is InChI=1S/C13H18F3N3O/c1-8(2)5-10(6-17)19-12(20)9-3-4-11(18-7-9)13(14,15)16/h3-4,7-8,10H,5-6,17H2,1-2H3,(H,19,20). The monoisotopic (exact) mass is 289 g/mol. The van der Waals surface area contributed by atoms with E-state index in [0.717, 1.165) is 18.3 Å². The summed E-state index contributed by atoms with van der Waals surface area (Å²) in [4.78, 5) is 15.1. The molecule has 112 valence electrons. The molecule has 0 spiro atoms. The Hall–Kier alpha value is -1.63. The lowest BCUT2D eigenvalue weighted by molar-refractivity contribution is -0.141. The van der Waals surface area contributed by atoms with Crippen molar-refractivity contribution in [3.8, 4) is 0 Å². The molecule has 0 aromatic carbocycles. The summed E-state index contributed by atoms with van der Waals surface area (Å²) in [7, 11) is 0. The lowest BCUT2D eigenvalue weighted by Gasteiger charge is -2.18. The molecule has 0 bridgehead atoms. The molecule has 1 amide bonds. The molecule has 3 N–H and O–H groups in total. The molecule has 0 radical (unpaired) electrons. The van der Waals surface area contributed by atoms with Crippen molar-refractivity contribution in [1.29, 1.82) is 0 Å². The number of halogens is 3. The Morgan fingerprint density at radius 2 is 2.05 bits per heavy atom. The average Bonchev–Trinajstić information content (AvgIpc) is 2.36. The molecule has 0 aliphatic rings. The number of nitrogens with one attached hydrogen (secondary N) is 1. The third kappa shape index (κ3) is 4.80. The number of carbonyl (C=O) groups is 1. The van der Waals surface area contributed by atoms with Crippen LogP contribution in [0.5, 0.6) is 0 Å². The van der Waals surface area contributed by atoms with Crippen molar-refractivity contribution in [2.45, 2.75) is 32.5 Å². The highest BCUT2D eigenvalue weighted by atomic mass is 19.4. The van der Waals surface area contributed by atoms with Gasteiger partial charge in [0.15, 0.2) is 0 Å². The van der Waals surface area contributed by atoms with Gasteiger partial charge in [0.1, 0.15) is 5.69 Å². The Kier molecular flexibility index (Phi) is 5.50. The predicted octanol–water partition coefficient (Wildman–Crippen LogP) is 2.20.